The molecule has 0 aromatic heterocycles. The van der Waals surface area contributed by atoms with Gasteiger partial charge in [-0.3, -0.25) is 4.90 Å². The molecule has 2 heteroatoms. The average Bonchev–Trinajstić information content (AvgIpc) is 2.96. The molecule has 5 aliphatic rings. The molecule has 1 nitrogen and oxygen atoms in total. The van der Waals surface area contributed by atoms with E-state index in [1.165, 1.54) is 57.9 Å². The van der Waals surface area contributed by atoms with E-state index in [1.54, 1.807) is 0 Å². The topological polar surface area (TPSA) is 3.24 Å². The van der Waals surface area contributed by atoms with Crippen molar-refractivity contribution in [1.29, 1.82) is 0 Å². The molecule has 1 unspecified atom stereocenters. The molecular formula is C21H34LiN. The molecule has 0 aromatic rings. The van der Waals surface area contributed by atoms with Crippen LogP contribution < -0.4 is 18.9 Å². The molecule has 8 atom stereocenters. The van der Waals surface area contributed by atoms with Gasteiger partial charge in [0.1, 0.15) is 0 Å². The molecular weight excluding hydrogens is 273 g/mol. The van der Waals surface area contributed by atoms with Crippen LogP contribution in [0.15, 0.2) is 0 Å². The van der Waals surface area contributed by atoms with E-state index in [1.807, 2.05) is 0 Å². The predicted octanol–water partition coefficient (Wildman–Crippen LogP) is 1.92. The summed E-state index contributed by atoms with van der Waals surface area (Å²) in [6.07, 6.45) is 11.7. The molecule has 3 aliphatic heterocycles. The first-order valence-corrected chi connectivity index (χ1v) is 10.1. The second-order valence-corrected chi connectivity index (χ2v) is 10.0. The Kier molecular flexibility index (Phi) is 3.73. The maximum absolute atomic E-state index is 4.63. The molecule has 3 heterocycles. The Morgan fingerprint density at radius 2 is 1.91 bits per heavy atom. The minimum Gasteiger partial charge on any atom is -0.343 e. The van der Waals surface area contributed by atoms with Gasteiger partial charge in [0.05, 0.1) is 0 Å². The zero-order valence-corrected chi connectivity index (χ0v) is 15.9. The first kappa shape index (κ1) is 17.0. The van der Waals surface area contributed by atoms with Gasteiger partial charge in [-0.1, -0.05) is 27.2 Å². The van der Waals surface area contributed by atoms with Gasteiger partial charge in [-0.25, -0.2) is 0 Å². The molecule has 5 fully saturated rings. The number of piperidine rings is 2. The Morgan fingerprint density at radius 1 is 1.13 bits per heavy atom. The van der Waals surface area contributed by atoms with Gasteiger partial charge < -0.3 is 6.92 Å². The molecule has 124 valence electrons. The van der Waals surface area contributed by atoms with E-state index in [4.69, 9.17) is 0 Å². The normalized spacial score (nSPS) is 59.1. The Balaban J connectivity index is 0.00000135. The van der Waals surface area contributed by atoms with Crippen molar-refractivity contribution in [3.05, 3.63) is 6.92 Å². The minimum absolute atomic E-state index is 0. The van der Waals surface area contributed by atoms with Crippen LogP contribution >= 0.6 is 0 Å². The molecule has 3 saturated heterocycles. The van der Waals surface area contributed by atoms with Crippen LogP contribution in [0.3, 0.4) is 0 Å². The first-order chi connectivity index (χ1) is 10.5. The van der Waals surface area contributed by atoms with E-state index < -0.39 is 0 Å². The molecule has 0 N–H and O–H groups in total. The quantitative estimate of drug-likeness (QED) is 0.556. The van der Waals surface area contributed by atoms with Crippen LogP contribution in [-0.4, -0.2) is 23.0 Å². The molecule has 5 rings (SSSR count). The fourth-order valence-electron chi connectivity index (χ4n) is 9.00. The molecule has 0 aromatic carbocycles. The van der Waals surface area contributed by atoms with Crippen molar-refractivity contribution in [2.24, 2.45) is 34.5 Å². The zero-order chi connectivity index (χ0) is 15.3. The van der Waals surface area contributed by atoms with E-state index in [9.17, 15) is 0 Å². The standard InChI is InChI=1S/C21H34N.Li/c1-5-21-17-7-6-10-20(17)12-8-15-13-22(20)18(21)16(14(2)3)9-11-19(15,21)4;/h14-18H,1,5-13H2,2-4H3;/q-1;+1/t15-,16+,17+,18-,19-,20+,21-;/m0./s1. The van der Waals surface area contributed by atoms with E-state index >= 15 is 0 Å². The van der Waals surface area contributed by atoms with Crippen molar-refractivity contribution in [3.8, 4) is 0 Å². The average molecular weight is 307 g/mol. The van der Waals surface area contributed by atoms with Gasteiger partial charge in [0.2, 0.25) is 0 Å². The Hall–Kier alpha value is 0.557. The van der Waals surface area contributed by atoms with Gasteiger partial charge in [-0.05, 0) is 73.0 Å². The van der Waals surface area contributed by atoms with Crippen LogP contribution in [-0.2, 0) is 0 Å². The second-order valence-electron chi connectivity index (χ2n) is 10.0. The molecule has 23 heavy (non-hydrogen) atoms. The smallest absolute Gasteiger partial charge is 0.343 e. The molecule has 0 radical (unpaired) electrons. The van der Waals surface area contributed by atoms with Crippen molar-refractivity contribution in [3.63, 3.8) is 0 Å². The summed E-state index contributed by atoms with van der Waals surface area (Å²) in [5, 5.41) is 0. The van der Waals surface area contributed by atoms with Crippen LogP contribution in [0.4, 0.5) is 0 Å². The largest absolute Gasteiger partial charge is 1.00 e. The van der Waals surface area contributed by atoms with Crippen LogP contribution in [0.2, 0.25) is 0 Å². The Bertz CT molecular complexity index is 504. The summed E-state index contributed by atoms with van der Waals surface area (Å²) in [5.74, 6) is 3.71. The fourth-order valence-corrected chi connectivity index (χ4v) is 9.00. The summed E-state index contributed by atoms with van der Waals surface area (Å²) in [6, 6.07) is 0.866. The third-order valence-electron chi connectivity index (χ3n) is 9.79. The monoisotopic (exact) mass is 307 g/mol. The fraction of sp³-hybridized carbons (Fsp3) is 0.952. The second kappa shape index (κ2) is 5.05. The Morgan fingerprint density at radius 3 is 2.61 bits per heavy atom. The van der Waals surface area contributed by atoms with Gasteiger partial charge >= 0.3 is 18.9 Å². The summed E-state index contributed by atoms with van der Waals surface area (Å²) in [7, 11) is 0. The third kappa shape index (κ3) is 1.58. The molecule has 0 amide bonds. The Labute approximate surface area is 155 Å². The van der Waals surface area contributed by atoms with Gasteiger partial charge in [0.15, 0.2) is 0 Å². The number of fused-ring (bicyclic) bond motifs is 2. The number of hydrogen-bond donors (Lipinski definition) is 0. The van der Waals surface area contributed by atoms with E-state index in [0.717, 1.165) is 29.7 Å². The van der Waals surface area contributed by atoms with Gasteiger partial charge in [0, 0.05) is 18.1 Å². The number of hydrogen-bond acceptors (Lipinski definition) is 1. The van der Waals surface area contributed by atoms with Crippen molar-refractivity contribution in [2.45, 2.75) is 83.7 Å². The van der Waals surface area contributed by atoms with Crippen molar-refractivity contribution < 1.29 is 18.9 Å². The predicted molar refractivity (Wildman–Crippen MR) is 91.4 cm³/mol. The maximum atomic E-state index is 4.63. The first-order valence-electron chi connectivity index (χ1n) is 10.1. The van der Waals surface area contributed by atoms with Gasteiger partial charge in [-0.15, -0.1) is 0 Å². The van der Waals surface area contributed by atoms with E-state index in [2.05, 4.69) is 32.6 Å². The summed E-state index contributed by atoms with van der Waals surface area (Å²) in [4.78, 5) is 3.12. The molecule has 2 aliphatic carbocycles. The number of nitrogens with zero attached hydrogens (tertiary/aromatic N) is 1. The van der Waals surface area contributed by atoms with Gasteiger partial charge in [0.25, 0.3) is 0 Å². The maximum Gasteiger partial charge on any atom is 1.00 e. The van der Waals surface area contributed by atoms with Crippen LogP contribution in [0.5, 0.6) is 0 Å². The van der Waals surface area contributed by atoms with E-state index in [-0.39, 0.29) is 18.9 Å². The third-order valence-corrected chi connectivity index (χ3v) is 9.79. The summed E-state index contributed by atoms with van der Waals surface area (Å²) >= 11 is 0. The van der Waals surface area contributed by atoms with Crippen molar-refractivity contribution >= 4 is 0 Å². The summed E-state index contributed by atoms with van der Waals surface area (Å²) in [5.41, 5.74) is 1.75. The zero-order valence-electron chi connectivity index (χ0n) is 15.9. The molecule has 2 saturated carbocycles. The van der Waals surface area contributed by atoms with Gasteiger partial charge in [-0.2, -0.15) is 6.42 Å². The minimum atomic E-state index is 0. The molecule has 1 spiro atoms. The molecule has 5 bridgehead atoms. The van der Waals surface area contributed by atoms with Crippen LogP contribution in [0, 0.1) is 41.4 Å². The summed E-state index contributed by atoms with van der Waals surface area (Å²) in [6.45, 7) is 13.8. The summed E-state index contributed by atoms with van der Waals surface area (Å²) < 4.78 is 0. The van der Waals surface area contributed by atoms with Crippen LogP contribution in [0.25, 0.3) is 0 Å². The van der Waals surface area contributed by atoms with E-state index in [0.29, 0.717) is 16.4 Å². The number of rotatable bonds is 2. The SMILES string of the molecule is [CH2-]C[C@]12[C@@H]3[C@@H](C(C)C)CC[C@@]1(C)[C@H]1CC[C@@]4(CCC[C@H]42)N3C1.[Li+]. The van der Waals surface area contributed by atoms with Crippen molar-refractivity contribution in [2.75, 3.05) is 6.54 Å². The van der Waals surface area contributed by atoms with Crippen LogP contribution in [0.1, 0.15) is 72.1 Å². The van der Waals surface area contributed by atoms with Crippen molar-refractivity contribution in [1.82, 2.24) is 4.90 Å².